The van der Waals surface area contributed by atoms with E-state index in [2.05, 4.69) is 20.8 Å². The van der Waals surface area contributed by atoms with Crippen LogP contribution in [-0.4, -0.2) is 18.4 Å². The average molecular weight is 278 g/mol. The Morgan fingerprint density at radius 3 is 2.80 bits per heavy atom. The van der Waals surface area contributed by atoms with Gasteiger partial charge in [-0.1, -0.05) is 19.4 Å². The normalized spacial score (nSPS) is 33.9. The van der Waals surface area contributed by atoms with Gasteiger partial charge in [-0.2, -0.15) is 0 Å². The molecule has 3 nitrogen and oxygen atoms in total. The lowest BCUT2D eigenvalue weighted by atomic mass is 9.55. The van der Waals surface area contributed by atoms with Gasteiger partial charge in [0, 0.05) is 6.42 Å². The first kappa shape index (κ1) is 15.3. The van der Waals surface area contributed by atoms with E-state index >= 15 is 0 Å². The van der Waals surface area contributed by atoms with Crippen LogP contribution in [0.5, 0.6) is 0 Å². The van der Waals surface area contributed by atoms with E-state index < -0.39 is 0 Å². The molecule has 0 unspecified atom stereocenters. The minimum Gasteiger partial charge on any atom is -0.466 e. The third-order valence-corrected chi connectivity index (χ3v) is 5.40. The molecule has 3 heteroatoms. The summed E-state index contributed by atoms with van der Waals surface area (Å²) in [5, 5.41) is 0. The number of hydrogen-bond donors (Lipinski definition) is 0. The van der Waals surface area contributed by atoms with Crippen molar-refractivity contribution in [3.05, 3.63) is 11.1 Å². The Bertz CT molecular complexity index is 449. The van der Waals surface area contributed by atoms with Gasteiger partial charge in [0.2, 0.25) is 0 Å². The number of ether oxygens (including phenoxy) is 1. The maximum Gasteiger partial charge on any atom is 0.306 e. The molecule has 0 saturated heterocycles. The number of hydrogen-bond acceptors (Lipinski definition) is 3. The summed E-state index contributed by atoms with van der Waals surface area (Å²) < 4.78 is 5.15. The molecule has 0 radical (unpaired) electrons. The van der Waals surface area contributed by atoms with Crippen LogP contribution < -0.4 is 0 Å². The quantitative estimate of drug-likeness (QED) is 0.740. The molecular formula is C17H26O3. The molecule has 0 amide bonds. The van der Waals surface area contributed by atoms with E-state index in [0.717, 1.165) is 24.8 Å². The summed E-state index contributed by atoms with van der Waals surface area (Å²) in [6.45, 7) is 8.63. The number of ketones is 1. The van der Waals surface area contributed by atoms with Crippen molar-refractivity contribution in [1.29, 1.82) is 0 Å². The Balaban J connectivity index is 2.33. The molecule has 0 spiro atoms. The van der Waals surface area contributed by atoms with E-state index in [4.69, 9.17) is 4.74 Å². The maximum atomic E-state index is 12.4. The van der Waals surface area contributed by atoms with Crippen LogP contribution in [0.25, 0.3) is 0 Å². The summed E-state index contributed by atoms with van der Waals surface area (Å²) in [5.41, 5.74) is 2.13. The zero-order valence-corrected chi connectivity index (χ0v) is 13.1. The van der Waals surface area contributed by atoms with Crippen LogP contribution in [0.2, 0.25) is 0 Å². The molecule has 1 saturated carbocycles. The number of esters is 1. The predicted octanol–water partition coefficient (Wildman–Crippen LogP) is 3.67. The maximum absolute atomic E-state index is 12.4. The molecule has 0 N–H and O–H groups in total. The van der Waals surface area contributed by atoms with Crippen LogP contribution in [-0.2, 0) is 14.3 Å². The standard InChI is InChI=1S/C17H26O3/c1-5-20-15(19)10-17(4)12(3)9-14(18)16-11(2)7-6-8-13(16)17/h12-13H,5-10H2,1-4H3/t12-,13-,17-/m1/s1. The molecule has 2 aliphatic carbocycles. The van der Waals surface area contributed by atoms with Gasteiger partial charge in [0.1, 0.15) is 0 Å². The SMILES string of the molecule is CCOC(=O)C[C@]1(C)[C@H](C)CC(=O)C2=C(C)CCC[C@H]21. The van der Waals surface area contributed by atoms with Crippen LogP contribution in [0.4, 0.5) is 0 Å². The Morgan fingerprint density at radius 2 is 2.15 bits per heavy atom. The van der Waals surface area contributed by atoms with Crippen molar-refractivity contribution in [2.45, 2.75) is 59.8 Å². The van der Waals surface area contributed by atoms with E-state index in [1.807, 2.05) is 6.92 Å². The van der Waals surface area contributed by atoms with Crippen LogP contribution in [0.1, 0.15) is 59.8 Å². The van der Waals surface area contributed by atoms with Crippen molar-refractivity contribution in [2.75, 3.05) is 6.61 Å². The van der Waals surface area contributed by atoms with Gasteiger partial charge < -0.3 is 4.74 Å². The number of rotatable bonds is 3. The van der Waals surface area contributed by atoms with Gasteiger partial charge in [0.15, 0.2) is 5.78 Å². The van der Waals surface area contributed by atoms with E-state index in [-0.39, 0.29) is 23.2 Å². The monoisotopic (exact) mass is 278 g/mol. The van der Waals surface area contributed by atoms with Crippen LogP contribution in [0, 0.1) is 17.3 Å². The molecule has 1 fully saturated rings. The summed E-state index contributed by atoms with van der Waals surface area (Å²) in [5.74, 6) is 0.649. The number of Topliss-reactive ketones (excluding diaryl/α,β-unsaturated/α-hetero) is 1. The summed E-state index contributed by atoms with van der Waals surface area (Å²) in [6, 6.07) is 0. The van der Waals surface area contributed by atoms with Crippen molar-refractivity contribution < 1.29 is 14.3 Å². The molecular weight excluding hydrogens is 252 g/mol. The Kier molecular flexibility index (Phi) is 4.36. The summed E-state index contributed by atoms with van der Waals surface area (Å²) in [6.07, 6.45) is 4.17. The molecule has 0 aromatic rings. The molecule has 0 heterocycles. The fourth-order valence-electron chi connectivity index (χ4n) is 4.02. The second-order valence-corrected chi connectivity index (χ2v) is 6.65. The van der Waals surface area contributed by atoms with Gasteiger partial charge in [-0.05, 0) is 55.9 Å². The Morgan fingerprint density at radius 1 is 1.45 bits per heavy atom. The second-order valence-electron chi connectivity index (χ2n) is 6.65. The highest BCUT2D eigenvalue weighted by molar-refractivity contribution is 5.98. The molecule has 112 valence electrons. The third-order valence-electron chi connectivity index (χ3n) is 5.40. The molecule has 20 heavy (non-hydrogen) atoms. The first-order chi connectivity index (χ1) is 9.40. The molecule has 2 aliphatic rings. The van der Waals surface area contributed by atoms with E-state index in [1.54, 1.807) is 0 Å². The lowest BCUT2D eigenvalue weighted by Gasteiger charge is -2.48. The van der Waals surface area contributed by atoms with Crippen LogP contribution in [0.3, 0.4) is 0 Å². The summed E-state index contributed by atoms with van der Waals surface area (Å²) in [7, 11) is 0. The minimum absolute atomic E-state index is 0.126. The fourth-order valence-corrected chi connectivity index (χ4v) is 4.02. The van der Waals surface area contributed by atoms with Crippen molar-refractivity contribution in [3.8, 4) is 0 Å². The number of fused-ring (bicyclic) bond motifs is 1. The largest absolute Gasteiger partial charge is 0.466 e. The highest BCUT2D eigenvalue weighted by atomic mass is 16.5. The van der Waals surface area contributed by atoms with Gasteiger partial charge in [0.25, 0.3) is 0 Å². The average Bonchev–Trinajstić information content (AvgIpc) is 2.36. The van der Waals surface area contributed by atoms with Gasteiger partial charge in [-0.3, -0.25) is 9.59 Å². The fraction of sp³-hybridized carbons (Fsp3) is 0.765. The first-order valence-electron chi connectivity index (χ1n) is 7.78. The molecule has 3 atom stereocenters. The number of carbonyl (C=O) groups is 2. The zero-order chi connectivity index (χ0) is 14.9. The van der Waals surface area contributed by atoms with Gasteiger partial charge >= 0.3 is 5.97 Å². The highest BCUT2D eigenvalue weighted by Crippen LogP contribution is 2.53. The molecule has 0 aliphatic heterocycles. The Labute approximate surface area is 121 Å². The summed E-state index contributed by atoms with van der Waals surface area (Å²) >= 11 is 0. The lowest BCUT2D eigenvalue weighted by molar-refractivity contribution is -0.149. The molecule has 2 rings (SSSR count). The topological polar surface area (TPSA) is 43.4 Å². The smallest absolute Gasteiger partial charge is 0.306 e. The minimum atomic E-state index is -0.142. The molecule has 0 bridgehead atoms. The van der Waals surface area contributed by atoms with Crippen molar-refractivity contribution in [1.82, 2.24) is 0 Å². The zero-order valence-electron chi connectivity index (χ0n) is 13.1. The molecule has 0 aromatic heterocycles. The number of carbonyl (C=O) groups excluding carboxylic acids is 2. The van der Waals surface area contributed by atoms with Crippen LogP contribution >= 0.6 is 0 Å². The Hall–Kier alpha value is -1.12. The highest BCUT2D eigenvalue weighted by Gasteiger charge is 2.49. The van der Waals surface area contributed by atoms with Gasteiger partial charge in [0.05, 0.1) is 13.0 Å². The van der Waals surface area contributed by atoms with Crippen molar-refractivity contribution in [2.24, 2.45) is 17.3 Å². The molecule has 0 aromatic carbocycles. The second kappa shape index (κ2) is 5.71. The summed E-state index contributed by atoms with van der Waals surface area (Å²) in [4.78, 5) is 24.4. The number of allylic oxidation sites excluding steroid dienone is 2. The van der Waals surface area contributed by atoms with Gasteiger partial charge in [-0.15, -0.1) is 0 Å². The van der Waals surface area contributed by atoms with E-state index in [0.29, 0.717) is 25.2 Å². The van der Waals surface area contributed by atoms with Crippen LogP contribution in [0.15, 0.2) is 11.1 Å². The van der Waals surface area contributed by atoms with Gasteiger partial charge in [-0.25, -0.2) is 0 Å². The van der Waals surface area contributed by atoms with Crippen molar-refractivity contribution >= 4 is 11.8 Å². The van der Waals surface area contributed by atoms with E-state index in [1.165, 1.54) is 5.57 Å². The predicted molar refractivity (Wildman–Crippen MR) is 78.2 cm³/mol. The first-order valence-corrected chi connectivity index (χ1v) is 7.78. The third kappa shape index (κ3) is 2.55. The van der Waals surface area contributed by atoms with E-state index in [9.17, 15) is 9.59 Å². The van der Waals surface area contributed by atoms with Crippen molar-refractivity contribution in [3.63, 3.8) is 0 Å². The lowest BCUT2D eigenvalue weighted by Crippen LogP contribution is -2.45.